The van der Waals surface area contributed by atoms with Crippen LogP contribution >= 0.6 is 0 Å². The molecule has 2 atom stereocenters. The quantitative estimate of drug-likeness (QED) is 0.916. The lowest BCUT2D eigenvalue weighted by atomic mass is 10.1. The van der Waals surface area contributed by atoms with Gasteiger partial charge in [0.05, 0.1) is 18.1 Å². The van der Waals surface area contributed by atoms with Crippen molar-refractivity contribution in [3.63, 3.8) is 0 Å². The number of benzene rings is 1. The number of carbonyl (C=O) groups excluding carboxylic acids is 1. The largest absolute Gasteiger partial charge is 0.380 e. The zero-order valence-electron chi connectivity index (χ0n) is 14.8. The summed E-state index contributed by atoms with van der Waals surface area (Å²) in [4.78, 5) is 20.9. The lowest BCUT2D eigenvalue weighted by Crippen LogP contribution is -2.42. The Kier molecular flexibility index (Phi) is 4.72. The fraction of sp³-hybridized carbons (Fsp3) is 0.450. The molecule has 0 spiro atoms. The van der Waals surface area contributed by atoms with Crippen LogP contribution in [0.3, 0.4) is 0 Å². The molecule has 0 radical (unpaired) electrons. The molecule has 0 aliphatic carbocycles. The van der Waals surface area contributed by atoms with Crippen LogP contribution in [-0.4, -0.2) is 59.0 Å². The molecule has 4 rings (SSSR count). The molecule has 2 aromatic rings. The maximum Gasteiger partial charge on any atom is 0.237 e. The molecular formula is C20H23N5O. The number of amides is 1. The fourth-order valence-electron chi connectivity index (χ4n) is 4.02. The van der Waals surface area contributed by atoms with Crippen LogP contribution in [0, 0.1) is 11.3 Å². The van der Waals surface area contributed by atoms with Crippen LogP contribution in [0.1, 0.15) is 19.3 Å². The zero-order chi connectivity index (χ0) is 17.9. The second-order valence-corrected chi connectivity index (χ2v) is 7.11. The molecule has 2 aliphatic heterocycles. The number of fused-ring (bicyclic) bond motifs is 1. The fourth-order valence-corrected chi connectivity index (χ4v) is 4.02. The zero-order valence-corrected chi connectivity index (χ0v) is 14.8. The van der Waals surface area contributed by atoms with E-state index in [0.29, 0.717) is 12.6 Å². The summed E-state index contributed by atoms with van der Waals surface area (Å²) >= 11 is 0. The van der Waals surface area contributed by atoms with Crippen LogP contribution in [-0.2, 0) is 4.79 Å². The minimum absolute atomic E-state index is 0.0871. The molecule has 1 aromatic heterocycles. The summed E-state index contributed by atoms with van der Waals surface area (Å²) in [6.45, 7) is 2.87. The predicted octanol–water partition coefficient (Wildman–Crippen LogP) is 2.24. The van der Waals surface area contributed by atoms with Gasteiger partial charge in [-0.25, -0.2) is 0 Å². The van der Waals surface area contributed by atoms with E-state index in [4.69, 9.17) is 5.26 Å². The second-order valence-electron chi connectivity index (χ2n) is 7.11. The number of aromatic nitrogens is 1. The normalized spacial score (nSPS) is 23.3. The minimum atomic E-state index is -0.234. The van der Waals surface area contributed by atoms with Crippen LogP contribution < -0.4 is 5.32 Å². The summed E-state index contributed by atoms with van der Waals surface area (Å²) in [5, 5.41) is 13.9. The highest BCUT2D eigenvalue weighted by Gasteiger charge is 2.31. The smallest absolute Gasteiger partial charge is 0.237 e. The van der Waals surface area contributed by atoms with E-state index in [0.717, 1.165) is 55.5 Å². The van der Waals surface area contributed by atoms with E-state index in [1.54, 1.807) is 4.90 Å². The molecule has 6 heteroatoms. The Morgan fingerprint density at radius 3 is 3.08 bits per heavy atom. The molecule has 0 bridgehead atoms. The Hall–Kier alpha value is -2.65. The van der Waals surface area contributed by atoms with E-state index in [-0.39, 0.29) is 11.9 Å². The summed E-state index contributed by atoms with van der Waals surface area (Å²) in [7, 11) is 0. The first-order chi connectivity index (χ1) is 12.7. The summed E-state index contributed by atoms with van der Waals surface area (Å²) in [5.74, 6) is 0.0871. The van der Waals surface area contributed by atoms with Crippen molar-refractivity contribution >= 4 is 22.5 Å². The van der Waals surface area contributed by atoms with Gasteiger partial charge in [-0.15, -0.1) is 0 Å². The predicted molar refractivity (Wildman–Crippen MR) is 101 cm³/mol. The van der Waals surface area contributed by atoms with E-state index >= 15 is 0 Å². The molecule has 0 unspecified atom stereocenters. The van der Waals surface area contributed by atoms with Crippen molar-refractivity contribution in [2.24, 2.45) is 0 Å². The van der Waals surface area contributed by atoms with Crippen LogP contribution in [0.25, 0.3) is 10.9 Å². The van der Waals surface area contributed by atoms with Gasteiger partial charge < -0.3 is 10.2 Å². The van der Waals surface area contributed by atoms with Crippen molar-refractivity contribution in [2.75, 3.05) is 31.5 Å². The summed E-state index contributed by atoms with van der Waals surface area (Å²) in [6.07, 6.45) is 4.55. The van der Waals surface area contributed by atoms with Crippen LogP contribution in [0.15, 0.2) is 36.5 Å². The van der Waals surface area contributed by atoms with Crippen LogP contribution in [0.4, 0.5) is 5.69 Å². The standard InChI is InChI=1S/C20H23N5O/c21-12-16-4-3-10-25(16)20(26)14-24-11-8-15(13-24)23-19-7-1-6-18-17(19)5-2-9-22-18/h1-2,5-7,9,15-16,23H,3-4,8,10-11,13-14H2/t15-,16-/m0/s1. The van der Waals surface area contributed by atoms with Crippen molar-refractivity contribution in [1.29, 1.82) is 5.26 Å². The van der Waals surface area contributed by atoms with Gasteiger partial charge in [0.1, 0.15) is 6.04 Å². The first kappa shape index (κ1) is 16.8. The highest BCUT2D eigenvalue weighted by molar-refractivity contribution is 5.91. The number of nitrogens with zero attached hydrogens (tertiary/aromatic N) is 4. The third-order valence-electron chi connectivity index (χ3n) is 5.36. The Labute approximate surface area is 153 Å². The number of hydrogen-bond donors (Lipinski definition) is 1. The highest BCUT2D eigenvalue weighted by atomic mass is 16.2. The van der Waals surface area contributed by atoms with Crippen molar-refractivity contribution in [3.8, 4) is 6.07 Å². The number of rotatable bonds is 4. The monoisotopic (exact) mass is 349 g/mol. The van der Waals surface area contributed by atoms with Gasteiger partial charge in [-0.05, 0) is 43.5 Å². The number of anilines is 1. The van der Waals surface area contributed by atoms with Crippen LogP contribution in [0.5, 0.6) is 0 Å². The number of likely N-dealkylation sites (tertiary alicyclic amines) is 2. The number of carbonyl (C=O) groups is 1. The number of nitriles is 1. The van der Waals surface area contributed by atoms with Crippen molar-refractivity contribution in [1.82, 2.24) is 14.8 Å². The number of pyridine rings is 1. The minimum Gasteiger partial charge on any atom is -0.380 e. The van der Waals surface area contributed by atoms with E-state index in [1.807, 2.05) is 24.4 Å². The van der Waals surface area contributed by atoms with Gasteiger partial charge in [-0.1, -0.05) is 6.07 Å². The summed E-state index contributed by atoms with van der Waals surface area (Å²) in [5.41, 5.74) is 2.08. The Morgan fingerprint density at radius 2 is 2.19 bits per heavy atom. The molecule has 1 aromatic carbocycles. The van der Waals surface area contributed by atoms with Gasteiger partial charge in [0.25, 0.3) is 0 Å². The number of hydrogen-bond acceptors (Lipinski definition) is 5. The SMILES string of the molecule is N#C[C@@H]1CCCN1C(=O)CN1CC[C@H](Nc2cccc3ncccc23)C1. The molecule has 2 saturated heterocycles. The van der Waals surface area contributed by atoms with E-state index < -0.39 is 0 Å². The number of nitrogens with one attached hydrogen (secondary N) is 1. The molecule has 26 heavy (non-hydrogen) atoms. The van der Waals surface area contributed by atoms with Gasteiger partial charge in [-0.3, -0.25) is 14.7 Å². The average Bonchev–Trinajstić information content (AvgIpc) is 3.31. The van der Waals surface area contributed by atoms with Gasteiger partial charge in [0, 0.05) is 42.9 Å². The van der Waals surface area contributed by atoms with E-state index in [9.17, 15) is 4.79 Å². The second kappa shape index (κ2) is 7.30. The Balaban J connectivity index is 1.37. The molecule has 134 valence electrons. The Bertz CT molecular complexity index is 840. The van der Waals surface area contributed by atoms with E-state index in [2.05, 4.69) is 33.4 Å². The molecular weight excluding hydrogens is 326 g/mol. The van der Waals surface area contributed by atoms with Crippen LogP contribution in [0.2, 0.25) is 0 Å². The van der Waals surface area contributed by atoms with E-state index in [1.165, 1.54) is 0 Å². The van der Waals surface area contributed by atoms with Gasteiger partial charge >= 0.3 is 0 Å². The molecule has 3 heterocycles. The summed E-state index contributed by atoms with van der Waals surface area (Å²) in [6, 6.07) is 12.5. The molecule has 2 aliphatic rings. The maximum absolute atomic E-state index is 12.5. The molecule has 6 nitrogen and oxygen atoms in total. The van der Waals surface area contributed by atoms with Gasteiger partial charge in [-0.2, -0.15) is 5.26 Å². The summed E-state index contributed by atoms with van der Waals surface area (Å²) < 4.78 is 0. The lowest BCUT2D eigenvalue weighted by Gasteiger charge is -2.23. The first-order valence-electron chi connectivity index (χ1n) is 9.26. The molecule has 0 saturated carbocycles. The Morgan fingerprint density at radius 1 is 1.27 bits per heavy atom. The average molecular weight is 349 g/mol. The van der Waals surface area contributed by atoms with Crippen molar-refractivity contribution in [3.05, 3.63) is 36.5 Å². The lowest BCUT2D eigenvalue weighted by molar-refractivity contribution is -0.132. The third-order valence-corrected chi connectivity index (χ3v) is 5.36. The highest BCUT2D eigenvalue weighted by Crippen LogP contribution is 2.24. The third kappa shape index (κ3) is 3.35. The van der Waals surface area contributed by atoms with Crippen molar-refractivity contribution in [2.45, 2.75) is 31.3 Å². The maximum atomic E-state index is 12.5. The molecule has 1 N–H and O–H groups in total. The van der Waals surface area contributed by atoms with Gasteiger partial charge in [0.15, 0.2) is 0 Å². The van der Waals surface area contributed by atoms with Gasteiger partial charge in [0.2, 0.25) is 5.91 Å². The van der Waals surface area contributed by atoms with Crippen molar-refractivity contribution < 1.29 is 4.79 Å². The molecule has 2 fully saturated rings. The molecule has 1 amide bonds. The topological polar surface area (TPSA) is 72.3 Å². The first-order valence-corrected chi connectivity index (χ1v) is 9.26.